The van der Waals surface area contributed by atoms with Crippen LogP contribution in [0.4, 0.5) is 4.39 Å². The molecule has 1 N–H and O–H groups in total. The highest BCUT2D eigenvalue weighted by Crippen LogP contribution is 2.19. The van der Waals surface area contributed by atoms with Crippen LogP contribution in [0.1, 0.15) is 41.5 Å². The van der Waals surface area contributed by atoms with Crippen molar-refractivity contribution in [3.63, 3.8) is 0 Å². The van der Waals surface area contributed by atoms with Crippen LogP contribution >= 0.6 is 0 Å². The maximum Gasteiger partial charge on any atom is 0.253 e. The summed E-state index contributed by atoms with van der Waals surface area (Å²) in [6.07, 6.45) is 1.72. The van der Waals surface area contributed by atoms with Crippen molar-refractivity contribution in [3.05, 3.63) is 59.2 Å². The summed E-state index contributed by atoms with van der Waals surface area (Å²) in [5.41, 5.74) is 2.79. The monoisotopic (exact) mass is 326 g/mol. The molecule has 2 heterocycles. The van der Waals surface area contributed by atoms with E-state index in [0.717, 1.165) is 16.6 Å². The van der Waals surface area contributed by atoms with Gasteiger partial charge in [-0.1, -0.05) is 12.1 Å². The highest BCUT2D eigenvalue weighted by atomic mass is 19.1. The van der Waals surface area contributed by atoms with Crippen molar-refractivity contribution in [2.24, 2.45) is 0 Å². The predicted molar refractivity (Wildman–Crippen MR) is 90.2 cm³/mol. The lowest BCUT2D eigenvalue weighted by Crippen LogP contribution is -2.24. The first-order valence-corrected chi connectivity index (χ1v) is 7.83. The lowest BCUT2D eigenvalue weighted by Gasteiger charge is -2.10. The second-order valence-electron chi connectivity index (χ2n) is 6.03. The molecule has 2 aromatic heterocycles. The molecule has 124 valence electrons. The van der Waals surface area contributed by atoms with Crippen molar-refractivity contribution >= 4 is 16.9 Å². The number of nitrogens with zero attached hydrogens (tertiary/aromatic N) is 3. The number of aryl methyl sites for hydroxylation is 1. The summed E-state index contributed by atoms with van der Waals surface area (Å²) in [6, 6.07) is 8.06. The van der Waals surface area contributed by atoms with Crippen molar-refractivity contribution < 1.29 is 9.18 Å². The molecule has 5 nitrogen and oxygen atoms in total. The number of hydrogen-bond donors (Lipinski definition) is 1. The van der Waals surface area contributed by atoms with Crippen LogP contribution in [0.2, 0.25) is 0 Å². The normalized spacial score (nSPS) is 11.2. The molecule has 0 aliphatic carbocycles. The molecule has 0 saturated carbocycles. The van der Waals surface area contributed by atoms with Crippen LogP contribution < -0.4 is 5.32 Å². The van der Waals surface area contributed by atoms with Gasteiger partial charge >= 0.3 is 0 Å². The zero-order chi connectivity index (χ0) is 17.3. The molecular formula is C18H19FN4O. The topological polar surface area (TPSA) is 59.8 Å². The van der Waals surface area contributed by atoms with Crippen molar-refractivity contribution in [1.82, 2.24) is 20.1 Å². The first-order chi connectivity index (χ1) is 11.5. The first kappa shape index (κ1) is 16.1. The predicted octanol–water partition coefficient (Wildman–Crippen LogP) is 3.39. The van der Waals surface area contributed by atoms with E-state index in [1.54, 1.807) is 18.3 Å². The van der Waals surface area contributed by atoms with E-state index in [1.807, 2.05) is 31.5 Å². The van der Waals surface area contributed by atoms with Crippen LogP contribution in [0.5, 0.6) is 0 Å². The zero-order valence-electron chi connectivity index (χ0n) is 13.9. The molecule has 0 aliphatic rings. The number of halogens is 1. The number of fused-ring (bicyclic) bond motifs is 1. The number of hydrogen-bond acceptors (Lipinski definition) is 3. The summed E-state index contributed by atoms with van der Waals surface area (Å²) in [5.74, 6) is -0.499. The number of amides is 1. The Balaban J connectivity index is 1.81. The highest BCUT2D eigenvalue weighted by molar-refractivity contribution is 5.98. The Bertz CT molecular complexity index is 884. The number of rotatable bonds is 4. The van der Waals surface area contributed by atoms with E-state index < -0.39 is 0 Å². The smallest absolute Gasteiger partial charge is 0.253 e. The zero-order valence-corrected chi connectivity index (χ0v) is 13.9. The average Bonchev–Trinajstić information content (AvgIpc) is 2.96. The van der Waals surface area contributed by atoms with E-state index in [9.17, 15) is 9.18 Å². The molecular weight excluding hydrogens is 307 g/mol. The lowest BCUT2D eigenvalue weighted by atomic mass is 10.1. The first-order valence-electron chi connectivity index (χ1n) is 7.83. The van der Waals surface area contributed by atoms with Gasteiger partial charge in [-0.15, -0.1) is 0 Å². The van der Waals surface area contributed by atoms with Crippen LogP contribution in [-0.4, -0.2) is 20.7 Å². The molecule has 0 bridgehead atoms. The molecule has 0 fully saturated rings. The van der Waals surface area contributed by atoms with Gasteiger partial charge in [0, 0.05) is 18.0 Å². The molecule has 0 unspecified atom stereocenters. The van der Waals surface area contributed by atoms with Gasteiger partial charge in [0.2, 0.25) is 0 Å². The fourth-order valence-electron chi connectivity index (χ4n) is 2.55. The van der Waals surface area contributed by atoms with E-state index in [-0.39, 0.29) is 17.8 Å². The third kappa shape index (κ3) is 3.13. The standard InChI is InChI=1S/C18H19FN4O/c1-11(2)23-17-14(10-21-23)8-16(12(3)22-17)18(24)20-9-13-4-6-15(19)7-5-13/h4-8,10-11H,9H2,1-3H3,(H,20,24). The van der Waals surface area contributed by atoms with Crippen LogP contribution in [-0.2, 0) is 6.54 Å². The van der Waals surface area contributed by atoms with Crippen LogP contribution in [0.15, 0.2) is 36.5 Å². The summed E-state index contributed by atoms with van der Waals surface area (Å²) in [4.78, 5) is 17.0. The Hall–Kier alpha value is -2.76. The number of aromatic nitrogens is 3. The number of carbonyl (C=O) groups is 1. The fourth-order valence-corrected chi connectivity index (χ4v) is 2.55. The van der Waals surface area contributed by atoms with Gasteiger partial charge < -0.3 is 5.32 Å². The fraction of sp³-hybridized carbons (Fsp3) is 0.278. The summed E-state index contributed by atoms with van der Waals surface area (Å²) in [5, 5.41) is 8.00. The van der Waals surface area contributed by atoms with Crippen LogP contribution in [0.25, 0.3) is 11.0 Å². The van der Waals surface area contributed by atoms with E-state index in [2.05, 4.69) is 15.4 Å². The lowest BCUT2D eigenvalue weighted by molar-refractivity contribution is 0.0950. The van der Waals surface area contributed by atoms with Crippen molar-refractivity contribution in [3.8, 4) is 0 Å². The Morgan fingerprint density at radius 1 is 1.29 bits per heavy atom. The van der Waals surface area contributed by atoms with Gasteiger partial charge in [-0.25, -0.2) is 14.1 Å². The average molecular weight is 326 g/mol. The largest absolute Gasteiger partial charge is 0.348 e. The highest BCUT2D eigenvalue weighted by Gasteiger charge is 2.15. The summed E-state index contributed by atoms with van der Waals surface area (Å²) < 4.78 is 14.7. The Labute approximate surface area is 139 Å². The quantitative estimate of drug-likeness (QED) is 0.799. The number of pyridine rings is 1. The number of carbonyl (C=O) groups excluding carboxylic acids is 1. The summed E-state index contributed by atoms with van der Waals surface area (Å²) in [7, 11) is 0. The maximum absolute atomic E-state index is 12.9. The molecule has 1 amide bonds. The Kier molecular flexibility index (Phi) is 4.29. The molecule has 0 atom stereocenters. The van der Waals surface area contributed by atoms with Crippen LogP contribution in [0.3, 0.4) is 0 Å². The van der Waals surface area contributed by atoms with Crippen molar-refractivity contribution in [1.29, 1.82) is 0 Å². The molecule has 1 aromatic carbocycles. The molecule has 0 saturated heterocycles. The minimum absolute atomic E-state index is 0.201. The molecule has 3 rings (SSSR count). The van der Waals surface area contributed by atoms with Gasteiger partial charge in [-0.3, -0.25) is 4.79 Å². The minimum Gasteiger partial charge on any atom is -0.348 e. The van der Waals surface area contributed by atoms with E-state index in [4.69, 9.17) is 0 Å². The van der Waals surface area contributed by atoms with Gasteiger partial charge in [-0.05, 0) is 44.5 Å². The third-order valence-corrected chi connectivity index (χ3v) is 3.86. The van der Waals surface area contributed by atoms with Crippen molar-refractivity contribution in [2.45, 2.75) is 33.4 Å². The van der Waals surface area contributed by atoms with E-state index in [0.29, 0.717) is 17.8 Å². The Morgan fingerprint density at radius 2 is 2.00 bits per heavy atom. The van der Waals surface area contributed by atoms with Gasteiger partial charge in [-0.2, -0.15) is 5.10 Å². The minimum atomic E-state index is -0.294. The van der Waals surface area contributed by atoms with Gasteiger partial charge in [0.1, 0.15) is 5.82 Å². The third-order valence-electron chi connectivity index (χ3n) is 3.86. The second kappa shape index (κ2) is 6.39. The van der Waals surface area contributed by atoms with Gasteiger partial charge in [0.05, 0.1) is 17.5 Å². The van der Waals surface area contributed by atoms with Crippen LogP contribution in [0, 0.1) is 12.7 Å². The number of benzene rings is 1. The van der Waals surface area contributed by atoms with E-state index in [1.165, 1.54) is 12.1 Å². The van der Waals surface area contributed by atoms with E-state index >= 15 is 0 Å². The summed E-state index contributed by atoms with van der Waals surface area (Å²) in [6.45, 7) is 6.21. The molecule has 24 heavy (non-hydrogen) atoms. The second-order valence-corrected chi connectivity index (χ2v) is 6.03. The molecule has 0 spiro atoms. The van der Waals surface area contributed by atoms with Crippen molar-refractivity contribution in [2.75, 3.05) is 0 Å². The number of nitrogens with one attached hydrogen (secondary N) is 1. The molecule has 0 aliphatic heterocycles. The molecule has 0 radical (unpaired) electrons. The van der Waals surface area contributed by atoms with Gasteiger partial charge in [0.25, 0.3) is 5.91 Å². The molecule has 6 heteroatoms. The maximum atomic E-state index is 12.9. The Morgan fingerprint density at radius 3 is 2.67 bits per heavy atom. The summed E-state index contributed by atoms with van der Waals surface area (Å²) >= 11 is 0. The van der Waals surface area contributed by atoms with Gasteiger partial charge in [0.15, 0.2) is 5.65 Å². The molecule has 3 aromatic rings. The SMILES string of the molecule is Cc1nc2c(cnn2C(C)C)cc1C(=O)NCc1ccc(F)cc1.